The third-order valence-corrected chi connectivity index (χ3v) is 6.81. The molecule has 3 heterocycles. The van der Waals surface area contributed by atoms with E-state index in [0.29, 0.717) is 40.1 Å². The number of benzene rings is 1. The maximum absolute atomic E-state index is 14.0. The Bertz CT molecular complexity index is 1150. The van der Waals surface area contributed by atoms with Crippen LogP contribution in [0.4, 0.5) is 15.9 Å². The van der Waals surface area contributed by atoms with Crippen LogP contribution in [-0.4, -0.2) is 67.3 Å². The second-order valence-corrected chi connectivity index (χ2v) is 9.59. The van der Waals surface area contributed by atoms with Gasteiger partial charge in [0.05, 0.1) is 22.6 Å². The number of rotatable bonds is 9. The van der Waals surface area contributed by atoms with Gasteiger partial charge in [0.15, 0.2) is 0 Å². The van der Waals surface area contributed by atoms with E-state index in [-0.39, 0.29) is 17.8 Å². The predicted octanol–water partition coefficient (Wildman–Crippen LogP) is 4.12. The van der Waals surface area contributed by atoms with E-state index < -0.39 is 0 Å². The second-order valence-electron chi connectivity index (χ2n) is 8.59. The summed E-state index contributed by atoms with van der Waals surface area (Å²) in [6.45, 7) is 4.59. The Balaban J connectivity index is 1.56. The topological polar surface area (TPSA) is 88.6 Å². The highest BCUT2D eigenvalue weighted by molar-refractivity contribution is 7.20. The first-order valence-corrected chi connectivity index (χ1v) is 12.2. The van der Waals surface area contributed by atoms with Gasteiger partial charge in [0.2, 0.25) is 0 Å². The highest BCUT2D eigenvalue weighted by atomic mass is 32.1. The molecule has 1 atom stereocenters. The standard InChI is InChI=1S/C24H30FN5O3S/c1-15-20-22(27-14-28-24(20)34-21(15)23(31)26-9-5-10-30(2)3)29-18-8-7-16(25)12-19(18)33-17-6-4-11-32-13-17/h7-8,12,14,17H,4-6,9-11,13H2,1-3H3,(H,26,31)(H,27,28,29)/t17-/m0/s1. The van der Waals surface area contributed by atoms with E-state index in [9.17, 15) is 9.18 Å². The average molecular weight is 488 g/mol. The predicted molar refractivity (Wildman–Crippen MR) is 132 cm³/mol. The molecule has 10 heteroatoms. The summed E-state index contributed by atoms with van der Waals surface area (Å²) in [5.41, 5.74) is 1.39. The molecule has 0 saturated carbocycles. The van der Waals surface area contributed by atoms with Gasteiger partial charge in [-0.1, -0.05) is 0 Å². The molecule has 1 aromatic carbocycles. The van der Waals surface area contributed by atoms with Crippen LogP contribution in [0.1, 0.15) is 34.5 Å². The van der Waals surface area contributed by atoms with Gasteiger partial charge in [0.25, 0.3) is 5.91 Å². The van der Waals surface area contributed by atoms with Crippen LogP contribution in [0.15, 0.2) is 24.5 Å². The van der Waals surface area contributed by atoms with Crippen molar-refractivity contribution >= 4 is 39.0 Å². The van der Waals surface area contributed by atoms with Crippen molar-refractivity contribution < 1.29 is 18.7 Å². The molecule has 0 aliphatic carbocycles. The number of fused-ring (bicyclic) bond motifs is 1. The molecular formula is C24H30FN5O3S. The lowest BCUT2D eigenvalue weighted by molar-refractivity contribution is 0.00763. The number of hydrogen-bond acceptors (Lipinski definition) is 8. The van der Waals surface area contributed by atoms with Crippen molar-refractivity contribution in [3.05, 3.63) is 40.8 Å². The summed E-state index contributed by atoms with van der Waals surface area (Å²) in [5, 5.41) is 7.03. The third-order valence-electron chi connectivity index (χ3n) is 5.61. The van der Waals surface area contributed by atoms with E-state index in [0.717, 1.165) is 43.4 Å². The van der Waals surface area contributed by atoms with Gasteiger partial charge in [-0.15, -0.1) is 11.3 Å². The summed E-state index contributed by atoms with van der Waals surface area (Å²) in [5.74, 6) is 0.439. The van der Waals surface area contributed by atoms with E-state index in [1.54, 1.807) is 6.07 Å². The first-order chi connectivity index (χ1) is 16.4. The van der Waals surface area contributed by atoms with Crippen molar-refractivity contribution in [3.8, 4) is 5.75 Å². The summed E-state index contributed by atoms with van der Waals surface area (Å²) >= 11 is 1.33. The van der Waals surface area contributed by atoms with Crippen LogP contribution in [0.3, 0.4) is 0 Å². The van der Waals surface area contributed by atoms with E-state index >= 15 is 0 Å². The molecule has 1 fully saturated rings. The number of halogens is 1. The highest BCUT2D eigenvalue weighted by Gasteiger charge is 2.21. The molecule has 0 radical (unpaired) electrons. The first-order valence-electron chi connectivity index (χ1n) is 11.4. The Morgan fingerprint density at radius 1 is 1.35 bits per heavy atom. The Morgan fingerprint density at radius 3 is 2.97 bits per heavy atom. The highest BCUT2D eigenvalue weighted by Crippen LogP contribution is 2.37. The van der Waals surface area contributed by atoms with Gasteiger partial charge >= 0.3 is 0 Å². The third kappa shape index (κ3) is 5.81. The summed E-state index contributed by atoms with van der Waals surface area (Å²) < 4.78 is 25.6. The summed E-state index contributed by atoms with van der Waals surface area (Å²) in [7, 11) is 4.01. The van der Waals surface area contributed by atoms with Crippen LogP contribution < -0.4 is 15.4 Å². The number of carbonyl (C=O) groups excluding carboxylic acids is 1. The van der Waals surface area contributed by atoms with Gasteiger partial charge in [-0.3, -0.25) is 4.79 Å². The number of anilines is 2. The van der Waals surface area contributed by atoms with Gasteiger partial charge in [0.1, 0.15) is 34.6 Å². The van der Waals surface area contributed by atoms with Gasteiger partial charge in [-0.05, 0) is 64.5 Å². The second kappa shape index (κ2) is 11.1. The largest absolute Gasteiger partial charge is 0.486 e. The maximum atomic E-state index is 14.0. The maximum Gasteiger partial charge on any atom is 0.261 e. The number of thiophene rings is 1. The van der Waals surface area contributed by atoms with Crippen LogP contribution in [0.25, 0.3) is 10.2 Å². The fourth-order valence-corrected chi connectivity index (χ4v) is 4.93. The van der Waals surface area contributed by atoms with Gasteiger partial charge in [-0.2, -0.15) is 0 Å². The smallest absolute Gasteiger partial charge is 0.261 e. The number of nitrogens with zero attached hydrogens (tertiary/aromatic N) is 3. The zero-order valence-electron chi connectivity index (χ0n) is 19.7. The SMILES string of the molecule is Cc1c(C(=O)NCCCN(C)C)sc2ncnc(Nc3ccc(F)cc3O[C@H]3CCCOC3)c12. The lowest BCUT2D eigenvalue weighted by Crippen LogP contribution is -2.28. The zero-order valence-corrected chi connectivity index (χ0v) is 20.5. The minimum absolute atomic E-state index is 0.117. The van der Waals surface area contributed by atoms with E-state index in [1.165, 1.54) is 29.8 Å². The molecule has 2 N–H and O–H groups in total. The number of aromatic nitrogens is 2. The monoisotopic (exact) mass is 487 g/mol. The molecule has 0 unspecified atom stereocenters. The van der Waals surface area contributed by atoms with E-state index in [4.69, 9.17) is 9.47 Å². The minimum Gasteiger partial charge on any atom is -0.486 e. The minimum atomic E-state index is -0.384. The molecule has 1 aliphatic rings. The summed E-state index contributed by atoms with van der Waals surface area (Å²) in [6.07, 6.45) is 3.95. The van der Waals surface area contributed by atoms with Crippen molar-refractivity contribution in [2.24, 2.45) is 0 Å². The number of nitrogens with one attached hydrogen (secondary N) is 2. The molecule has 1 saturated heterocycles. The molecular weight excluding hydrogens is 457 g/mol. The Morgan fingerprint density at radius 2 is 2.21 bits per heavy atom. The van der Waals surface area contributed by atoms with E-state index in [2.05, 4.69) is 25.5 Å². The summed E-state index contributed by atoms with van der Waals surface area (Å²) in [4.78, 5) is 25.0. The van der Waals surface area contributed by atoms with Crippen LogP contribution in [-0.2, 0) is 4.74 Å². The number of ether oxygens (including phenoxy) is 2. The Kier molecular flexibility index (Phi) is 7.91. The van der Waals surface area contributed by atoms with Gasteiger partial charge in [0, 0.05) is 19.2 Å². The van der Waals surface area contributed by atoms with Crippen molar-refractivity contribution in [2.45, 2.75) is 32.3 Å². The van der Waals surface area contributed by atoms with E-state index in [1.807, 2.05) is 21.0 Å². The van der Waals surface area contributed by atoms with Gasteiger partial charge in [-0.25, -0.2) is 14.4 Å². The Labute approximate surface area is 202 Å². The molecule has 182 valence electrons. The fraction of sp³-hybridized carbons (Fsp3) is 0.458. The number of carbonyl (C=O) groups is 1. The Hall–Kier alpha value is -2.82. The summed E-state index contributed by atoms with van der Waals surface area (Å²) in [6, 6.07) is 4.36. The van der Waals surface area contributed by atoms with Crippen LogP contribution in [0.2, 0.25) is 0 Å². The molecule has 4 rings (SSSR count). The average Bonchev–Trinajstić information content (AvgIpc) is 3.16. The fourth-order valence-electron chi connectivity index (χ4n) is 3.87. The molecule has 8 nitrogen and oxygen atoms in total. The quantitative estimate of drug-likeness (QED) is 0.439. The molecule has 34 heavy (non-hydrogen) atoms. The van der Waals surface area contributed by atoms with Crippen molar-refractivity contribution in [3.63, 3.8) is 0 Å². The lowest BCUT2D eigenvalue weighted by atomic mass is 10.1. The normalized spacial score (nSPS) is 16.1. The molecule has 3 aromatic rings. The zero-order chi connectivity index (χ0) is 24.1. The number of aryl methyl sites for hydroxylation is 1. The molecule has 2 aromatic heterocycles. The lowest BCUT2D eigenvalue weighted by Gasteiger charge is -2.24. The molecule has 1 amide bonds. The van der Waals surface area contributed by atoms with Crippen molar-refractivity contribution in [1.29, 1.82) is 0 Å². The molecule has 0 bridgehead atoms. The van der Waals surface area contributed by atoms with Crippen LogP contribution in [0, 0.1) is 12.7 Å². The molecule has 1 aliphatic heterocycles. The first kappa shape index (κ1) is 24.3. The van der Waals surface area contributed by atoms with Crippen molar-refractivity contribution in [2.75, 3.05) is 45.7 Å². The number of hydrogen-bond donors (Lipinski definition) is 2. The van der Waals surface area contributed by atoms with Crippen molar-refractivity contribution in [1.82, 2.24) is 20.2 Å². The van der Waals surface area contributed by atoms with Gasteiger partial charge < -0.3 is 25.0 Å². The number of amides is 1. The molecule has 0 spiro atoms. The van der Waals surface area contributed by atoms with Crippen LogP contribution >= 0.6 is 11.3 Å². The van der Waals surface area contributed by atoms with Crippen LogP contribution in [0.5, 0.6) is 5.75 Å².